The van der Waals surface area contributed by atoms with Crippen LogP contribution < -0.4 is 10.0 Å². The van der Waals surface area contributed by atoms with Crippen LogP contribution in [0, 0.1) is 0 Å². The first kappa shape index (κ1) is 30.4. The number of hydrogen-bond donors (Lipinski definition) is 0. The summed E-state index contributed by atoms with van der Waals surface area (Å²) < 4.78 is 65.0. The molecular formula is C33H32ClF3NO3P. The highest BCUT2D eigenvalue weighted by molar-refractivity contribution is 7.66. The quantitative estimate of drug-likeness (QED) is 0.126. The lowest BCUT2D eigenvalue weighted by atomic mass is 9.90. The molecule has 4 nitrogen and oxygen atoms in total. The summed E-state index contributed by atoms with van der Waals surface area (Å²) >= 11 is 6.31. The van der Waals surface area contributed by atoms with Crippen molar-refractivity contribution in [3.8, 4) is 5.75 Å². The van der Waals surface area contributed by atoms with Gasteiger partial charge in [-0.1, -0.05) is 90.5 Å². The van der Waals surface area contributed by atoms with Crippen LogP contribution in [0.1, 0.15) is 40.2 Å². The van der Waals surface area contributed by atoms with Crippen molar-refractivity contribution in [2.24, 2.45) is 0 Å². The van der Waals surface area contributed by atoms with Gasteiger partial charge in [-0.05, 0) is 46.9 Å². The molecule has 0 aromatic heterocycles. The summed E-state index contributed by atoms with van der Waals surface area (Å²) in [5.41, 5.74) is 2.73. The normalized spacial score (nSPS) is 16.6. The fourth-order valence-corrected chi connectivity index (χ4v) is 7.14. The minimum absolute atomic E-state index is 0.00620. The van der Waals surface area contributed by atoms with E-state index in [4.69, 9.17) is 20.9 Å². The molecular weight excluding hydrogens is 582 g/mol. The van der Waals surface area contributed by atoms with E-state index in [0.29, 0.717) is 49.3 Å². The first-order valence-electron chi connectivity index (χ1n) is 13.8. The van der Waals surface area contributed by atoms with Gasteiger partial charge in [0.1, 0.15) is 5.75 Å². The average molecular weight is 614 g/mol. The van der Waals surface area contributed by atoms with Gasteiger partial charge in [0.2, 0.25) is 7.37 Å². The van der Waals surface area contributed by atoms with Crippen molar-refractivity contribution in [2.45, 2.75) is 31.7 Å². The van der Waals surface area contributed by atoms with Gasteiger partial charge in [0.25, 0.3) is 0 Å². The first-order valence-corrected chi connectivity index (χ1v) is 16.2. The monoisotopic (exact) mass is 613 g/mol. The van der Waals surface area contributed by atoms with E-state index in [1.165, 1.54) is 6.07 Å². The Morgan fingerprint density at radius 2 is 1.62 bits per heavy atom. The summed E-state index contributed by atoms with van der Waals surface area (Å²) in [4.78, 5) is 2.13. The number of fused-ring (bicyclic) bond motifs is 1. The number of benzene rings is 4. The van der Waals surface area contributed by atoms with Crippen molar-refractivity contribution >= 4 is 24.3 Å². The molecule has 1 aliphatic rings. The zero-order chi connectivity index (χ0) is 29.7. The molecule has 0 saturated heterocycles. The summed E-state index contributed by atoms with van der Waals surface area (Å²) in [6, 6.07) is 29.7. The maximum Gasteiger partial charge on any atom is 0.417 e. The van der Waals surface area contributed by atoms with Crippen molar-refractivity contribution in [3.05, 3.63) is 130 Å². The lowest BCUT2D eigenvalue weighted by Crippen LogP contribution is -2.31. The second kappa shape index (κ2) is 13.0. The van der Waals surface area contributed by atoms with Gasteiger partial charge in [0.15, 0.2) is 0 Å². The number of hydrogen-bond acceptors (Lipinski definition) is 4. The van der Waals surface area contributed by atoms with E-state index in [1.54, 1.807) is 18.8 Å². The molecule has 0 radical (unpaired) electrons. The molecule has 4 aromatic carbocycles. The van der Waals surface area contributed by atoms with E-state index in [2.05, 4.69) is 29.2 Å². The molecule has 0 fully saturated rings. The summed E-state index contributed by atoms with van der Waals surface area (Å²) in [5.74, 6) is 0.605. The third-order valence-electron chi connectivity index (χ3n) is 7.47. The molecule has 0 aliphatic carbocycles. The van der Waals surface area contributed by atoms with Gasteiger partial charge >= 0.3 is 6.18 Å². The topological polar surface area (TPSA) is 38.8 Å². The van der Waals surface area contributed by atoms with Crippen LogP contribution in [-0.4, -0.2) is 31.3 Å². The minimum atomic E-state index is -4.54. The van der Waals surface area contributed by atoms with Gasteiger partial charge in [0, 0.05) is 37.5 Å². The molecule has 1 atom stereocenters. The van der Waals surface area contributed by atoms with E-state index in [1.807, 2.05) is 48.5 Å². The largest absolute Gasteiger partial charge is 0.494 e. The molecule has 9 heteroatoms. The fraction of sp³-hybridized carbons (Fsp3) is 0.273. The molecule has 1 unspecified atom stereocenters. The van der Waals surface area contributed by atoms with Crippen molar-refractivity contribution in [3.63, 3.8) is 0 Å². The van der Waals surface area contributed by atoms with Gasteiger partial charge in [-0.2, -0.15) is 13.2 Å². The van der Waals surface area contributed by atoms with Crippen molar-refractivity contribution in [1.29, 1.82) is 0 Å². The maximum absolute atomic E-state index is 13.6. The Bertz CT molecular complexity index is 1510. The number of ether oxygens (including phenoxy) is 1. The molecule has 220 valence electrons. The summed E-state index contributed by atoms with van der Waals surface area (Å²) in [6.07, 6.45) is -3.92. The van der Waals surface area contributed by atoms with E-state index in [0.717, 1.165) is 22.8 Å². The Hall–Kier alpha value is -3.09. The number of rotatable bonds is 11. The third-order valence-corrected chi connectivity index (χ3v) is 9.83. The molecule has 0 saturated carbocycles. The van der Waals surface area contributed by atoms with Crippen molar-refractivity contribution < 1.29 is 27.0 Å². The number of halogens is 4. The average Bonchev–Trinajstić information content (AvgIpc) is 3.28. The second-order valence-electron chi connectivity index (χ2n) is 10.5. The van der Waals surface area contributed by atoms with Gasteiger partial charge in [-0.3, -0.25) is 9.46 Å². The standard InChI is InChI=1S/C33H32ClF3NO3P/c1-42(39)31-20-28(17-16-27(31)23-41-42)40-19-9-18-38(21-26-14-8-15-30(32(26)34)33(35,36)37)22-29(24-10-4-2-5-11-24)25-12-6-3-7-13-25/h2-8,10-17,20,29H,9,18-19,21-23H2,1H3. The van der Waals surface area contributed by atoms with Crippen LogP contribution in [0.4, 0.5) is 13.2 Å². The minimum Gasteiger partial charge on any atom is -0.494 e. The molecule has 4 aromatic rings. The van der Waals surface area contributed by atoms with Gasteiger partial charge in [0.05, 0.1) is 23.8 Å². The Morgan fingerprint density at radius 3 is 2.26 bits per heavy atom. The van der Waals surface area contributed by atoms with Crippen LogP contribution in [0.15, 0.2) is 97.1 Å². The molecule has 0 N–H and O–H groups in total. The lowest BCUT2D eigenvalue weighted by molar-refractivity contribution is -0.137. The predicted octanol–water partition coefficient (Wildman–Crippen LogP) is 8.53. The molecule has 0 spiro atoms. The van der Waals surface area contributed by atoms with Crippen LogP contribution in [0.5, 0.6) is 5.75 Å². The smallest absolute Gasteiger partial charge is 0.417 e. The first-order chi connectivity index (χ1) is 20.1. The molecule has 1 aliphatic heterocycles. The van der Waals surface area contributed by atoms with E-state index in [-0.39, 0.29) is 17.5 Å². The highest BCUT2D eigenvalue weighted by Crippen LogP contribution is 2.48. The zero-order valence-electron chi connectivity index (χ0n) is 23.2. The second-order valence-corrected chi connectivity index (χ2v) is 13.3. The molecule has 0 amide bonds. The number of nitrogens with zero attached hydrogens (tertiary/aromatic N) is 1. The van der Waals surface area contributed by atoms with Crippen LogP contribution in [0.25, 0.3) is 0 Å². The Kier molecular flexibility index (Phi) is 9.44. The number of alkyl halides is 3. The predicted molar refractivity (Wildman–Crippen MR) is 161 cm³/mol. The van der Waals surface area contributed by atoms with Crippen LogP contribution in [0.3, 0.4) is 0 Å². The van der Waals surface area contributed by atoms with Crippen molar-refractivity contribution in [1.82, 2.24) is 4.90 Å². The Balaban J connectivity index is 1.36. The van der Waals surface area contributed by atoms with Crippen LogP contribution >= 0.6 is 19.0 Å². The Morgan fingerprint density at radius 1 is 0.952 bits per heavy atom. The van der Waals surface area contributed by atoms with Crippen LogP contribution in [-0.2, 0) is 28.4 Å². The van der Waals surface area contributed by atoms with Gasteiger partial charge in [-0.25, -0.2) is 0 Å². The van der Waals surface area contributed by atoms with E-state index < -0.39 is 19.1 Å². The van der Waals surface area contributed by atoms with E-state index >= 15 is 0 Å². The lowest BCUT2D eigenvalue weighted by Gasteiger charge is -2.29. The van der Waals surface area contributed by atoms with Gasteiger partial charge < -0.3 is 9.26 Å². The third kappa shape index (κ3) is 7.27. The van der Waals surface area contributed by atoms with Crippen molar-refractivity contribution in [2.75, 3.05) is 26.4 Å². The molecule has 0 bridgehead atoms. The molecule has 5 rings (SSSR count). The summed E-state index contributed by atoms with van der Waals surface area (Å²) in [6.45, 7) is 3.69. The zero-order valence-corrected chi connectivity index (χ0v) is 24.8. The molecule has 42 heavy (non-hydrogen) atoms. The van der Waals surface area contributed by atoms with Gasteiger partial charge in [-0.15, -0.1) is 0 Å². The van der Waals surface area contributed by atoms with E-state index in [9.17, 15) is 17.7 Å². The molecule has 1 heterocycles. The summed E-state index contributed by atoms with van der Waals surface area (Å²) in [7, 11) is -2.83. The summed E-state index contributed by atoms with van der Waals surface area (Å²) in [5, 5.41) is 0.418. The fourth-order valence-electron chi connectivity index (χ4n) is 5.30. The SMILES string of the molecule is CP1(=O)OCc2ccc(OCCCN(Cc3cccc(C(F)(F)F)c3Cl)CC(c3ccccc3)c3ccccc3)cc21. The Labute approximate surface area is 249 Å². The van der Waals surface area contributed by atoms with Crippen LogP contribution in [0.2, 0.25) is 5.02 Å². The highest BCUT2D eigenvalue weighted by Gasteiger charge is 2.34. The maximum atomic E-state index is 13.6. The highest BCUT2D eigenvalue weighted by atomic mass is 35.5.